The van der Waals surface area contributed by atoms with Crippen LogP contribution in [0, 0.1) is 0 Å². The Labute approximate surface area is 125 Å². The number of benzene rings is 2. The fraction of sp³-hybridized carbons (Fsp3) is 0.125. The van der Waals surface area contributed by atoms with E-state index in [1.807, 2.05) is 6.07 Å². The van der Waals surface area contributed by atoms with Gasteiger partial charge >= 0.3 is 5.97 Å². The molecule has 3 rings (SSSR count). The van der Waals surface area contributed by atoms with Crippen molar-refractivity contribution in [3.05, 3.63) is 64.2 Å². The summed E-state index contributed by atoms with van der Waals surface area (Å²) in [5.41, 5.74) is 1.26. The number of ether oxygens (including phenoxy) is 1. The number of halogens is 1. The van der Waals surface area contributed by atoms with Crippen molar-refractivity contribution in [2.75, 3.05) is 6.61 Å². The van der Waals surface area contributed by atoms with E-state index in [0.717, 1.165) is 0 Å². The third kappa shape index (κ3) is 2.38. The fourth-order valence-corrected chi connectivity index (χ4v) is 2.64. The highest BCUT2D eigenvalue weighted by atomic mass is 35.5. The summed E-state index contributed by atoms with van der Waals surface area (Å²) in [5, 5.41) is 9.51. The first kappa shape index (κ1) is 13.6. The number of carbonyl (C=O) groups is 2. The van der Waals surface area contributed by atoms with Gasteiger partial charge in [0.1, 0.15) is 18.3 Å². The molecule has 0 aliphatic carbocycles. The molecule has 0 aromatic heterocycles. The molecule has 1 aliphatic heterocycles. The van der Waals surface area contributed by atoms with Gasteiger partial charge in [-0.2, -0.15) is 0 Å². The molecule has 2 aromatic rings. The van der Waals surface area contributed by atoms with Gasteiger partial charge in [-0.15, -0.1) is 0 Å². The van der Waals surface area contributed by atoms with Crippen LogP contribution in [0.2, 0.25) is 5.02 Å². The minimum Gasteiger partial charge on any atom is -0.491 e. The van der Waals surface area contributed by atoms with E-state index in [1.54, 1.807) is 30.3 Å². The minimum atomic E-state index is -0.992. The highest BCUT2D eigenvalue weighted by Crippen LogP contribution is 2.40. The van der Waals surface area contributed by atoms with Crippen molar-refractivity contribution in [1.82, 2.24) is 0 Å². The summed E-state index contributed by atoms with van der Waals surface area (Å²) < 4.78 is 5.44. The first-order chi connectivity index (χ1) is 10.1. The van der Waals surface area contributed by atoms with Gasteiger partial charge in [0.15, 0.2) is 5.78 Å². The standard InChI is InChI=1S/C16H11ClO4/c17-10-6-11-13(16(19)20)8-21-15(11)12(7-10)14(18)9-4-2-1-3-5-9/h1-7,13H,8H2,(H,19,20)/t13-/m1/s1. The van der Waals surface area contributed by atoms with Crippen molar-refractivity contribution in [2.24, 2.45) is 0 Å². The maximum absolute atomic E-state index is 12.5. The highest BCUT2D eigenvalue weighted by Gasteiger charge is 2.34. The molecule has 1 atom stereocenters. The van der Waals surface area contributed by atoms with Crippen LogP contribution < -0.4 is 4.74 Å². The molecule has 0 fully saturated rings. The third-order valence-corrected chi connectivity index (χ3v) is 3.65. The second kappa shape index (κ2) is 5.22. The van der Waals surface area contributed by atoms with Gasteiger partial charge in [-0.05, 0) is 12.1 Å². The Morgan fingerprint density at radius 1 is 1.19 bits per heavy atom. The number of fused-ring (bicyclic) bond motifs is 1. The van der Waals surface area contributed by atoms with E-state index in [1.165, 1.54) is 6.07 Å². The average molecular weight is 303 g/mol. The van der Waals surface area contributed by atoms with Crippen molar-refractivity contribution in [3.8, 4) is 5.75 Å². The molecule has 1 aliphatic rings. The number of ketones is 1. The largest absolute Gasteiger partial charge is 0.491 e. The Morgan fingerprint density at radius 2 is 1.90 bits per heavy atom. The normalized spacial score (nSPS) is 16.1. The Bertz CT molecular complexity index is 725. The molecule has 106 valence electrons. The maximum atomic E-state index is 12.5. The Hall–Kier alpha value is -2.33. The van der Waals surface area contributed by atoms with E-state index in [2.05, 4.69) is 0 Å². The Morgan fingerprint density at radius 3 is 2.57 bits per heavy atom. The second-order valence-corrected chi connectivity index (χ2v) is 5.21. The predicted octanol–water partition coefficient (Wildman–Crippen LogP) is 3.13. The Balaban J connectivity index is 2.11. The van der Waals surface area contributed by atoms with Crippen molar-refractivity contribution in [3.63, 3.8) is 0 Å². The molecule has 21 heavy (non-hydrogen) atoms. The van der Waals surface area contributed by atoms with Crippen LogP contribution in [0.1, 0.15) is 27.4 Å². The molecule has 0 radical (unpaired) electrons. The molecule has 0 saturated carbocycles. The lowest BCUT2D eigenvalue weighted by molar-refractivity contribution is -0.138. The van der Waals surface area contributed by atoms with Gasteiger partial charge in [0.2, 0.25) is 0 Å². The van der Waals surface area contributed by atoms with Crippen LogP contribution in [0.4, 0.5) is 0 Å². The number of rotatable bonds is 3. The smallest absolute Gasteiger partial charge is 0.314 e. The molecule has 0 amide bonds. The van der Waals surface area contributed by atoms with Crippen LogP contribution in [-0.2, 0) is 4.79 Å². The lowest BCUT2D eigenvalue weighted by Crippen LogP contribution is -2.12. The van der Waals surface area contributed by atoms with Crippen molar-refractivity contribution in [1.29, 1.82) is 0 Å². The second-order valence-electron chi connectivity index (χ2n) is 4.77. The number of carboxylic acid groups (broad SMARTS) is 1. The van der Waals surface area contributed by atoms with Crippen LogP contribution in [-0.4, -0.2) is 23.5 Å². The molecule has 5 heteroatoms. The average Bonchev–Trinajstić information content (AvgIpc) is 2.90. The number of aliphatic carboxylic acids is 1. The molecule has 1 heterocycles. The zero-order valence-electron chi connectivity index (χ0n) is 10.9. The van der Waals surface area contributed by atoms with Crippen molar-refractivity contribution >= 4 is 23.4 Å². The van der Waals surface area contributed by atoms with Gasteiger partial charge in [0.05, 0.1) is 5.56 Å². The highest BCUT2D eigenvalue weighted by molar-refractivity contribution is 6.31. The lowest BCUT2D eigenvalue weighted by atomic mass is 9.95. The van der Waals surface area contributed by atoms with Gasteiger partial charge < -0.3 is 9.84 Å². The first-order valence-electron chi connectivity index (χ1n) is 6.36. The van der Waals surface area contributed by atoms with Gasteiger partial charge in [-0.25, -0.2) is 0 Å². The molecular weight excluding hydrogens is 292 g/mol. The molecule has 0 bridgehead atoms. The van der Waals surface area contributed by atoms with Gasteiger partial charge in [0, 0.05) is 16.1 Å². The summed E-state index contributed by atoms with van der Waals surface area (Å²) in [6, 6.07) is 11.8. The molecule has 1 N–H and O–H groups in total. The molecule has 0 unspecified atom stereocenters. The van der Waals surface area contributed by atoms with Gasteiger partial charge in [-0.1, -0.05) is 41.9 Å². The van der Waals surface area contributed by atoms with Crippen LogP contribution in [0.15, 0.2) is 42.5 Å². The number of carbonyl (C=O) groups excluding carboxylic acids is 1. The van der Waals surface area contributed by atoms with Crippen LogP contribution in [0.25, 0.3) is 0 Å². The van der Waals surface area contributed by atoms with Crippen molar-refractivity contribution < 1.29 is 19.4 Å². The molecule has 2 aromatic carbocycles. The quantitative estimate of drug-likeness (QED) is 0.885. The van der Waals surface area contributed by atoms with E-state index in [0.29, 0.717) is 27.5 Å². The molecule has 0 saturated heterocycles. The predicted molar refractivity (Wildman–Crippen MR) is 77.2 cm³/mol. The first-order valence-corrected chi connectivity index (χ1v) is 6.74. The maximum Gasteiger partial charge on any atom is 0.314 e. The summed E-state index contributed by atoms with van der Waals surface area (Å²) in [6.07, 6.45) is 0. The van der Waals surface area contributed by atoms with E-state index in [9.17, 15) is 14.7 Å². The van der Waals surface area contributed by atoms with E-state index >= 15 is 0 Å². The third-order valence-electron chi connectivity index (χ3n) is 3.43. The van der Waals surface area contributed by atoms with Crippen LogP contribution in [0.5, 0.6) is 5.75 Å². The molecule has 4 nitrogen and oxygen atoms in total. The summed E-state index contributed by atoms with van der Waals surface area (Å²) >= 11 is 6.03. The molecule has 0 spiro atoms. The van der Waals surface area contributed by atoms with Crippen LogP contribution in [0.3, 0.4) is 0 Å². The number of hydrogen-bond acceptors (Lipinski definition) is 3. The number of carboxylic acids is 1. The van der Waals surface area contributed by atoms with Gasteiger partial charge in [-0.3, -0.25) is 9.59 Å². The van der Waals surface area contributed by atoms with Gasteiger partial charge in [0.25, 0.3) is 0 Å². The monoisotopic (exact) mass is 302 g/mol. The van der Waals surface area contributed by atoms with Crippen LogP contribution >= 0.6 is 11.6 Å². The lowest BCUT2D eigenvalue weighted by Gasteiger charge is -2.08. The summed E-state index contributed by atoms with van der Waals surface area (Å²) in [5.74, 6) is -1.70. The molecular formula is C16H11ClO4. The topological polar surface area (TPSA) is 63.6 Å². The van der Waals surface area contributed by atoms with E-state index in [-0.39, 0.29) is 12.4 Å². The van der Waals surface area contributed by atoms with E-state index in [4.69, 9.17) is 16.3 Å². The Kier molecular flexibility index (Phi) is 3.39. The summed E-state index contributed by atoms with van der Waals surface area (Å²) in [4.78, 5) is 23.8. The number of hydrogen-bond donors (Lipinski definition) is 1. The SMILES string of the molecule is O=C(c1ccccc1)c1cc(Cl)cc2c1OC[C@H]2C(=O)O. The summed E-state index contributed by atoms with van der Waals surface area (Å²) in [6.45, 7) is 0.0140. The van der Waals surface area contributed by atoms with Crippen molar-refractivity contribution in [2.45, 2.75) is 5.92 Å². The summed E-state index contributed by atoms with van der Waals surface area (Å²) in [7, 11) is 0. The zero-order chi connectivity index (χ0) is 15.0. The van der Waals surface area contributed by atoms with E-state index < -0.39 is 11.9 Å². The minimum absolute atomic E-state index is 0.0140. The zero-order valence-corrected chi connectivity index (χ0v) is 11.6. The fourth-order valence-electron chi connectivity index (χ4n) is 2.41.